The Balaban J connectivity index is 5.29. The van der Waals surface area contributed by atoms with Crippen LogP contribution in [0.1, 0.15) is 6.92 Å². The fraction of sp³-hybridized carbons (Fsp3) is 0.500. The maximum absolute atomic E-state index is 11.0. The fourth-order valence-electron chi connectivity index (χ4n) is 0.748. The molecule has 0 radical (unpaired) electrons. The van der Waals surface area contributed by atoms with Crippen molar-refractivity contribution in [3.8, 4) is 0 Å². The first-order valence-electron chi connectivity index (χ1n) is 4.11. The molecule has 0 aromatic heterocycles. The Morgan fingerprint density at radius 2 is 1.71 bits per heavy atom. The zero-order chi connectivity index (χ0) is 13.6. The van der Waals surface area contributed by atoms with E-state index in [1.165, 1.54) is 6.92 Å². The summed E-state index contributed by atoms with van der Waals surface area (Å²) < 4.78 is 4.23. The van der Waals surface area contributed by atoms with Crippen LogP contribution < -0.4 is 0 Å². The highest BCUT2D eigenvalue weighted by atomic mass is 16.7. The Bertz CT molecular complexity index is 375. The number of rotatable bonds is 6. The summed E-state index contributed by atoms with van der Waals surface area (Å²) in [6.45, 7) is 1.15. The monoisotopic (exact) mass is 249 g/mol. The van der Waals surface area contributed by atoms with Gasteiger partial charge in [-0.1, -0.05) is 0 Å². The van der Waals surface area contributed by atoms with Gasteiger partial charge in [-0.2, -0.15) is 0 Å². The molecule has 0 aliphatic carbocycles. The molecule has 0 saturated heterocycles. The van der Waals surface area contributed by atoms with Crippen molar-refractivity contribution in [2.24, 2.45) is 0 Å². The van der Waals surface area contributed by atoms with E-state index in [2.05, 4.69) is 4.74 Å². The number of hydrogen-bond donors (Lipinski definition) is 0. The van der Waals surface area contributed by atoms with E-state index >= 15 is 0 Å². The van der Waals surface area contributed by atoms with Gasteiger partial charge in [0, 0.05) is 0 Å². The number of ether oxygens (including phenoxy) is 1. The van der Waals surface area contributed by atoms with Gasteiger partial charge in [0.2, 0.25) is 0 Å². The van der Waals surface area contributed by atoms with E-state index in [-0.39, 0.29) is 12.7 Å². The lowest BCUT2D eigenvalue weighted by atomic mass is 10.3. The third-order valence-electron chi connectivity index (χ3n) is 1.42. The zero-order valence-corrected chi connectivity index (χ0v) is 8.47. The van der Waals surface area contributed by atoms with E-state index in [4.69, 9.17) is 0 Å². The highest BCUT2D eigenvalue weighted by Crippen LogP contribution is 2.04. The molecule has 0 unspecified atom stereocenters. The van der Waals surface area contributed by atoms with Crippen molar-refractivity contribution >= 4 is 5.97 Å². The lowest BCUT2D eigenvalue weighted by Crippen LogP contribution is -2.29. The molecule has 0 rings (SSSR count). The average molecular weight is 249 g/mol. The van der Waals surface area contributed by atoms with E-state index in [9.17, 15) is 35.1 Å². The quantitative estimate of drug-likeness (QED) is 0.202. The largest absolute Gasteiger partial charge is 0.477 e. The second-order valence-electron chi connectivity index (χ2n) is 2.51. The molecule has 0 heterocycles. The summed E-state index contributed by atoms with van der Waals surface area (Å²) in [5.74, 6) is -1.47. The van der Waals surface area contributed by atoms with Gasteiger partial charge in [0.1, 0.15) is 9.85 Å². The molecule has 11 heteroatoms. The van der Waals surface area contributed by atoms with Gasteiger partial charge in [0.05, 0.1) is 11.5 Å². The summed E-state index contributed by atoms with van der Waals surface area (Å²) in [5.41, 5.74) is -1.34. The molecular formula is C6H7N3O8. The summed E-state index contributed by atoms with van der Waals surface area (Å²) in [5, 5.41) is 30.8. The van der Waals surface area contributed by atoms with Gasteiger partial charge in [-0.3, -0.25) is 30.3 Å². The van der Waals surface area contributed by atoms with E-state index in [0.717, 1.165) is 0 Å². The van der Waals surface area contributed by atoms with Gasteiger partial charge in [-0.25, -0.2) is 4.79 Å². The number of hydrogen-bond acceptors (Lipinski definition) is 8. The SMILES string of the molecule is CCOC(=O)/C(=C\C([N+](=O)[O-])[N+](=O)[O-])[N+](=O)[O-]. The van der Waals surface area contributed by atoms with Crippen LogP contribution in [0.2, 0.25) is 0 Å². The molecule has 0 amide bonds. The average Bonchev–Trinajstić information content (AvgIpc) is 2.16. The molecule has 17 heavy (non-hydrogen) atoms. The lowest BCUT2D eigenvalue weighted by Gasteiger charge is -1.99. The maximum atomic E-state index is 11.0. The van der Waals surface area contributed by atoms with Crippen LogP contribution in [0.25, 0.3) is 0 Å². The predicted molar refractivity (Wildman–Crippen MR) is 49.5 cm³/mol. The summed E-state index contributed by atoms with van der Waals surface area (Å²) >= 11 is 0. The first-order valence-corrected chi connectivity index (χ1v) is 4.11. The second kappa shape index (κ2) is 6.09. The van der Waals surface area contributed by atoms with Crippen LogP contribution in [0, 0.1) is 30.3 Å². The molecule has 0 spiro atoms. The molecule has 0 bridgehead atoms. The van der Waals surface area contributed by atoms with Crippen LogP contribution in [-0.2, 0) is 9.53 Å². The Kier molecular flexibility index (Phi) is 5.17. The second-order valence-corrected chi connectivity index (χ2v) is 2.51. The van der Waals surface area contributed by atoms with Crippen molar-refractivity contribution in [2.75, 3.05) is 6.61 Å². The van der Waals surface area contributed by atoms with E-state index in [1.54, 1.807) is 0 Å². The normalized spacial score (nSPS) is 11.1. The lowest BCUT2D eigenvalue weighted by molar-refractivity contribution is -0.728. The van der Waals surface area contributed by atoms with Crippen molar-refractivity contribution in [3.63, 3.8) is 0 Å². The first-order chi connectivity index (χ1) is 7.81. The molecule has 0 aliphatic rings. The minimum absolute atomic E-state index is 0.0258. The van der Waals surface area contributed by atoms with Gasteiger partial charge in [-0.05, 0) is 6.92 Å². The van der Waals surface area contributed by atoms with Crippen LogP contribution in [0.15, 0.2) is 11.8 Å². The molecule has 0 saturated carbocycles. The number of nitro groups is 3. The third kappa shape index (κ3) is 4.19. The number of carbonyl (C=O) groups excluding carboxylic acids is 1. The number of carbonyl (C=O) groups is 1. The van der Waals surface area contributed by atoms with E-state index in [1.807, 2.05) is 0 Å². The number of nitrogens with zero attached hydrogens (tertiary/aromatic N) is 3. The Labute approximate surface area is 93.1 Å². The minimum atomic E-state index is -2.57. The van der Waals surface area contributed by atoms with Crippen LogP contribution in [0.4, 0.5) is 0 Å². The first kappa shape index (κ1) is 14.4. The Morgan fingerprint density at radius 1 is 1.24 bits per heavy atom. The van der Waals surface area contributed by atoms with Gasteiger partial charge in [0.25, 0.3) is 0 Å². The van der Waals surface area contributed by atoms with Crippen molar-refractivity contribution < 1.29 is 24.3 Å². The van der Waals surface area contributed by atoms with Crippen LogP contribution >= 0.6 is 0 Å². The highest BCUT2D eigenvalue weighted by molar-refractivity contribution is 5.85. The van der Waals surface area contributed by atoms with Crippen LogP contribution in [0.5, 0.6) is 0 Å². The summed E-state index contributed by atoms with van der Waals surface area (Å²) in [4.78, 5) is 37.8. The topological polar surface area (TPSA) is 156 Å². The molecule has 11 nitrogen and oxygen atoms in total. The highest BCUT2D eigenvalue weighted by Gasteiger charge is 2.37. The van der Waals surface area contributed by atoms with Gasteiger partial charge < -0.3 is 4.74 Å². The fourth-order valence-corrected chi connectivity index (χ4v) is 0.748. The molecule has 0 aromatic rings. The van der Waals surface area contributed by atoms with Crippen molar-refractivity contribution in [3.05, 3.63) is 42.1 Å². The van der Waals surface area contributed by atoms with Crippen molar-refractivity contribution in [1.29, 1.82) is 0 Å². The van der Waals surface area contributed by atoms with E-state index < -0.39 is 32.6 Å². The van der Waals surface area contributed by atoms with Gasteiger partial charge in [-0.15, -0.1) is 0 Å². The summed E-state index contributed by atoms with van der Waals surface area (Å²) in [7, 11) is 0. The molecular weight excluding hydrogens is 242 g/mol. The standard InChI is InChI=1S/C6H7N3O8/c1-2-17-6(10)4(7(11)12)3-5(8(13)14)9(15)16/h3,5H,2H2,1H3/b4-3+. The smallest absolute Gasteiger partial charge is 0.458 e. The summed E-state index contributed by atoms with van der Waals surface area (Å²) in [6, 6.07) is 0. The van der Waals surface area contributed by atoms with Crippen molar-refractivity contribution in [2.45, 2.75) is 13.1 Å². The molecule has 0 aromatic carbocycles. The molecule has 0 fully saturated rings. The zero-order valence-electron chi connectivity index (χ0n) is 8.47. The third-order valence-corrected chi connectivity index (χ3v) is 1.42. The summed E-state index contributed by atoms with van der Waals surface area (Å²) in [6.07, 6.45) is -2.54. The molecule has 94 valence electrons. The Hall–Kier alpha value is -2.59. The molecule has 0 aliphatic heterocycles. The number of esters is 1. The van der Waals surface area contributed by atoms with Crippen LogP contribution in [0.3, 0.4) is 0 Å². The predicted octanol–water partition coefficient (Wildman–Crippen LogP) is -0.410. The minimum Gasteiger partial charge on any atom is -0.458 e. The van der Waals surface area contributed by atoms with Crippen LogP contribution in [-0.4, -0.2) is 33.5 Å². The van der Waals surface area contributed by atoms with E-state index in [0.29, 0.717) is 0 Å². The van der Waals surface area contributed by atoms with Gasteiger partial charge in [0.15, 0.2) is 6.08 Å². The maximum Gasteiger partial charge on any atom is 0.477 e. The van der Waals surface area contributed by atoms with Crippen molar-refractivity contribution in [1.82, 2.24) is 0 Å². The molecule has 0 N–H and O–H groups in total. The van der Waals surface area contributed by atoms with Gasteiger partial charge >= 0.3 is 17.8 Å². The molecule has 0 atom stereocenters. The Morgan fingerprint density at radius 3 is 2.00 bits per heavy atom.